The van der Waals surface area contributed by atoms with E-state index in [4.69, 9.17) is 4.74 Å². The maximum absolute atomic E-state index is 13.8. The first-order valence-corrected chi connectivity index (χ1v) is 6.35. The van der Waals surface area contributed by atoms with Crippen LogP contribution in [0, 0.1) is 5.82 Å². The van der Waals surface area contributed by atoms with Crippen molar-refractivity contribution >= 4 is 0 Å². The normalized spacial score (nSPS) is 12.2. The Morgan fingerprint density at radius 1 is 1.16 bits per heavy atom. The van der Waals surface area contributed by atoms with Gasteiger partial charge in [0.25, 0.3) is 0 Å². The van der Waals surface area contributed by atoms with Gasteiger partial charge in [0.1, 0.15) is 5.75 Å². The van der Waals surface area contributed by atoms with E-state index in [1.54, 1.807) is 31.2 Å². The number of hydrogen-bond acceptors (Lipinski definition) is 2. The van der Waals surface area contributed by atoms with E-state index >= 15 is 0 Å². The summed E-state index contributed by atoms with van der Waals surface area (Å²) in [4.78, 5) is 0. The maximum atomic E-state index is 13.8. The van der Waals surface area contributed by atoms with Crippen LogP contribution in [-0.4, -0.2) is 5.11 Å². The Morgan fingerprint density at radius 2 is 1.84 bits per heavy atom. The Morgan fingerprint density at radius 3 is 2.42 bits per heavy atom. The molecule has 0 saturated heterocycles. The van der Waals surface area contributed by atoms with E-state index in [0.29, 0.717) is 11.3 Å². The van der Waals surface area contributed by atoms with Crippen LogP contribution in [0.4, 0.5) is 4.39 Å². The van der Waals surface area contributed by atoms with Gasteiger partial charge in [0.15, 0.2) is 11.6 Å². The fourth-order valence-corrected chi connectivity index (χ4v) is 1.87. The van der Waals surface area contributed by atoms with Gasteiger partial charge in [0.2, 0.25) is 0 Å². The van der Waals surface area contributed by atoms with Crippen LogP contribution in [0.1, 0.15) is 31.1 Å². The summed E-state index contributed by atoms with van der Waals surface area (Å²) in [5, 5.41) is 9.64. The molecule has 0 aliphatic heterocycles. The highest BCUT2D eigenvalue weighted by molar-refractivity contribution is 5.40. The van der Waals surface area contributed by atoms with Crippen LogP contribution in [0.3, 0.4) is 0 Å². The van der Waals surface area contributed by atoms with Gasteiger partial charge in [0.05, 0.1) is 6.10 Å². The van der Waals surface area contributed by atoms with E-state index in [1.807, 2.05) is 12.1 Å². The molecule has 2 nitrogen and oxygen atoms in total. The minimum Gasteiger partial charge on any atom is -0.454 e. The molecule has 0 aromatic heterocycles. The molecule has 2 rings (SSSR count). The Kier molecular flexibility index (Phi) is 4.17. The van der Waals surface area contributed by atoms with Crippen LogP contribution in [0.2, 0.25) is 0 Å². The van der Waals surface area contributed by atoms with Crippen molar-refractivity contribution in [2.24, 2.45) is 0 Å². The summed E-state index contributed by atoms with van der Waals surface area (Å²) in [5.74, 6) is 0.170. The monoisotopic (exact) mass is 260 g/mol. The largest absolute Gasteiger partial charge is 0.454 e. The van der Waals surface area contributed by atoms with E-state index in [9.17, 15) is 9.50 Å². The zero-order valence-electron chi connectivity index (χ0n) is 11.1. The summed E-state index contributed by atoms with van der Waals surface area (Å²) in [6.07, 6.45) is 0.166. The number of para-hydroxylation sites is 1. The molecule has 0 radical (unpaired) electrons. The van der Waals surface area contributed by atoms with Gasteiger partial charge >= 0.3 is 0 Å². The standard InChI is InChI=1S/C16H17FO2/c1-3-12-7-9-13(10-8-12)19-16-14(11(2)18)5-4-6-15(16)17/h4-11,18H,3H2,1-2H3. The summed E-state index contributed by atoms with van der Waals surface area (Å²) in [5.41, 5.74) is 1.64. The summed E-state index contributed by atoms with van der Waals surface area (Å²) in [6, 6.07) is 12.0. The van der Waals surface area contributed by atoms with Crippen molar-refractivity contribution in [3.63, 3.8) is 0 Å². The van der Waals surface area contributed by atoms with Crippen molar-refractivity contribution in [3.05, 3.63) is 59.4 Å². The molecule has 0 amide bonds. The number of benzene rings is 2. The van der Waals surface area contributed by atoms with Crippen LogP contribution in [0.5, 0.6) is 11.5 Å². The Bertz CT molecular complexity index is 547. The minimum absolute atomic E-state index is 0.0850. The molecule has 100 valence electrons. The van der Waals surface area contributed by atoms with E-state index < -0.39 is 11.9 Å². The second-order valence-electron chi connectivity index (χ2n) is 4.43. The highest BCUT2D eigenvalue weighted by atomic mass is 19.1. The smallest absolute Gasteiger partial charge is 0.168 e. The second-order valence-corrected chi connectivity index (χ2v) is 4.43. The third kappa shape index (κ3) is 3.12. The lowest BCUT2D eigenvalue weighted by Gasteiger charge is -2.14. The molecule has 0 aliphatic rings. The van der Waals surface area contributed by atoms with E-state index in [-0.39, 0.29) is 5.75 Å². The predicted octanol–water partition coefficient (Wildman–Crippen LogP) is 4.23. The summed E-state index contributed by atoms with van der Waals surface area (Å²) in [7, 11) is 0. The number of halogens is 1. The topological polar surface area (TPSA) is 29.5 Å². The highest BCUT2D eigenvalue weighted by Crippen LogP contribution is 2.32. The Hall–Kier alpha value is -1.87. The molecule has 2 aromatic carbocycles. The molecule has 0 heterocycles. The molecule has 0 saturated carbocycles. The summed E-state index contributed by atoms with van der Waals surface area (Å²) < 4.78 is 19.4. The quantitative estimate of drug-likeness (QED) is 0.891. The van der Waals surface area contributed by atoms with E-state index in [2.05, 4.69) is 6.92 Å². The number of rotatable bonds is 4. The fraction of sp³-hybridized carbons (Fsp3) is 0.250. The van der Waals surface area contributed by atoms with Crippen molar-refractivity contribution in [1.29, 1.82) is 0 Å². The van der Waals surface area contributed by atoms with Crippen LogP contribution < -0.4 is 4.74 Å². The van der Waals surface area contributed by atoms with Crippen molar-refractivity contribution in [3.8, 4) is 11.5 Å². The molecule has 1 N–H and O–H groups in total. The van der Waals surface area contributed by atoms with Crippen LogP contribution >= 0.6 is 0 Å². The maximum Gasteiger partial charge on any atom is 0.168 e. The van der Waals surface area contributed by atoms with Crippen LogP contribution in [0.15, 0.2) is 42.5 Å². The molecule has 2 aromatic rings. The van der Waals surface area contributed by atoms with Crippen molar-refractivity contribution in [1.82, 2.24) is 0 Å². The molecule has 1 unspecified atom stereocenters. The van der Waals surface area contributed by atoms with Crippen molar-refractivity contribution in [2.45, 2.75) is 26.4 Å². The van der Waals surface area contributed by atoms with Gasteiger partial charge in [-0.25, -0.2) is 4.39 Å². The van der Waals surface area contributed by atoms with Gasteiger partial charge in [-0.15, -0.1) is 0 Å². The minimum atomic E-state index is -0.777. The third-order valence-electron chi connectivity index (χ3n) is 3.00. The predicted molar refractivity (Wildman–Crippen MR) is 72.9 cm³/mol. The van der Waals surface area contributed by atoms with Gasteiger partial charge in [-0.3, -0.25) is 0 Å². The van der Waals surface area contributed by atoms with Crippen LogP contribution in [0.25, 0.3) is 0 Å². The fourth-order valence-electron chi connectivity index (χ4n) is 1.87. The molecule has 0 aliphatic carbocycles. The lowest BCUT2D eigenvalue weighted by Crippen LogP contribution is -1.98. The number of hydrogen-bond donors (Lipinski definition) is 1. The van der Waals surface area contributed by atoms with Gasteiger partial charge in [-0.05, 0) is 37.1 Å². The molecule has 0 spiro atoms. The van der Waals surface area contributed by atoms with E-state index in [1.165, 1.54) is 11.6 Å². The number of aliphatic hydroxyl groups is 1. The first-order chi connectivity index (χ1) is 9.11. The lowest BCUT2D eigenvalue weighted by atomic mass is 10.1. The Labute approximate surface area is 112 Å². The van der Waals surface area contributed by atoms with Gasteiger partial charge in [-0.1, -0.05) is 31.2 Å². The van der Waals surface area contributed by atoms with Gasteiger partial charge in [-0.2, -0.15) is 0 Å². The average molecular weight is 260 g/mol. The van der Waals surface area contributed by atoms with Crippen molar-refractivity contribution in [2.75, 3.05) is 0 Å². The molecular weight excluding hydrogens is 243 g/mol. The number of aliphatic hydroxyl groups excluding tert-OH is 1. The van der Waals surface area contributed by atoms with Gasteiger partial charge < -0.3 is 9.84 Å². The summed E-state index contributed by atoms with van der Waals surface area (Å²) in [6.45, 7) is 3.65. The molecule has 1 atom stereocenters. The molecular formula is C16H17FO2. The van der Waals surface area contributed by atoms with Crippen molar-refractivity contribution < 1.29 is 14.2 Å². The highest BCUT2D eigenvalue weighted by Gasteiger charge is 2.14. The zero-order chi connectivity index (χ0) is 13.8. The average Bonchev–Trinajstić information content (AvgIpc) is 2.41. The first-order valence-electron chi connectivity index (χ1n) is 6.35. The SMILES string of the molecule is CCc1ccc(Oc2c(F)cccc2C(C)O)cc1. The molecule has 0 fully saturated rings. The number of ether oxygens (including phenoxy) is 1. The third-order valence-corrected chi connectivity index (χ3v) is 3.00. The van der Waals surface area contributed by atoms with Gasteiger partial charge in [0, 0.05) is 5.56 Å². The Balaban J connectivity index is 2.31. The molecule has 19 heavy (non-hydrogen) atoms. The van der Waals surface area contributed by atoms with Crippen LogP contribution in [-0.2, 0) is 6.42 Å². The molecule has 3 heteroatoms. The second kappa shape index (κ2) is 5.85. The zero-order valence-corrected chi connectivity index (χ0v) is 11.1. The molecule has 0 bridgehead atoms. The summed E-state index contributed by atoms with van der Waals surface area (Å²) >= 11 is 0. The van der Waals surface area contributed by atoms with E-state index in [0.717, 1.165) is 6.42 Å². The lowest BCUT2D eigenvalue weighted by molar-refractivity contribution is 0.194. The first kappa shape index (κ1) is 13.6. The number of aryl methyl sites for hydroxylation is 1.